The summed E-state index contributed by atoms with van der Waals surface area (Å²) >= 11 is 0. The molecule has 0 saturated heterocycles. The van der Waals surface area contributed by atoms with Crippen molar-refractivity contribution in [3.05, 3.63) is 35.8 Å². The van der Waals surface area contributed by atoms with Crippen molar-refractivity contribution < 1.29 is 18.7 Å². The molecular weight excluding hydrogens is 315 g/mol. The standard InChI is InChI=1S/C16H19FN4O3/c1-3-6-21-14(10-19-20-21)11-7-12(9-13(17)8-11)16(23)18-5-4-15(22)24-2/h7-10H,3-6H2,1-2H3,(H,18,23). The predicted molar refractivity (Wildman–Crippen MR) is 84.7 cm³/mol. The van der Waals surface area contributed by atoms with Gasteiger partial charge in [0.1, 0.15) is 5.82 Å². The van der Waals surface area contributed by atoms with Crippen molar-refractivity contribution in [1.29, 1.82) is 0 Å². The van der Waals surface area contributed by atoms with Crippen molar-refractivity contribution >= 4 is 11.9 Å². The zero-order valence-electron chi connectivity index (χ0n) is 13.6. The minimum Gasteiger partial charge on any atom is -0.469 e. The van der Waals surface area contributed by atoms with Crippen LogP contribution in [0, 0.1) is 5.82 Å². The predicted octanol–water partition coefficient (Wildman–Crippen LogP) is 1.79. The molecule has 0 unspecified atom stereocenters. The number of halogens is 1. The molecule has 0 saturated carbocycles. The number of methoxy groups -OCH3 is 1. The number of nitrogens with one attached hydrogen (secondary N) is 1. The lowest BCUT2D eigenvalue weighted by atomic mass is 10.1. The third-order valence-corrected chi connectivity index (χ3v) is 3.35. The highest BCUT2D eigenvalue weighted by Gasteiger charge is 2.13. The molecule has 0 aliphatic rings. The van der Waals surface area contributed by atoms with E-state index in [4.69, 9.17) is 0 Å². The fourth-order valence-corrected chi connectivity index (χ4v) is 2.21. The molecule has 0 aliphatic carbocycles. The molecule has 2 aromatic rings. The van der Waals surface area contributed by atoms with Crippen LogP contribution in [0.1, 0.15) is 30.1 Å². The largest absolute Gasteiger partial charge is 0.469 e. The van der Waals surface area contributed by atoms with Crippen LogP contribution >= 0.6 is 0 Å². The zero-order chi connectivity index (χ0) is 17.5. The van der Waals surface area contributed by atoms with Crippen molar-refractivity contribution in [2.75, 3.05) is 13.7 Å². The number of ether oxygens (including phenoxy) is 1. The van der Waals surface area contributed by atoms with E-state index < -0.39 is 17.7 Å². The second kappa shape index (κ2) is 8.19. The van der Waals surface area contributed by atoms with Gasteiger partial charge in [-0.05, 0) is 24.6 Å². The number of benzene rings is 1. The summed E-state index contributed by atoms with van der Waals surface area (Å²) in [6.45, 7) is 2.76. The number of amides is 1. The van der Waals surface area contributed by atoms with E-state index in [1.807, 2.05) is 6.92 Å². The number of hydrogen-bond acceptors (Lipinski definition) is 5. The molecule has 2 rings (SSSR count). The van der Waals surface area contributed by atoms with Crippen molar-refractivity contribution in [3.63, 3.8) is 0 Å². The molecule has 24 heavy (non-hydrogen) atoms. The Morgan fingerprint density at radius 2 is 2.12 bits per heavy atom. The van der Waals surface area contributed by atoms with Gasteiger partial charge in [-0.3, -0.25) is 9.59 Å². The monoisotopic (exact) mass is 334 g/mol. The lowest BCUT2D eigenvalue weighted by molar-refractivity contribution is -0.140. The minimum atomic E-state index is -0.533. The summed E-state index contributed by atoms with van der Waals surface area (Å²) in [4.78, 5) is 23.2. The Labute approximate surface area is 138 Å². The summed E-state index contributed by atoms with van der Waals surface area (Å²) in [6, 6.07) is 4.04. The molecule has 0 radical (unpaired) electrons. The second-order valence-corrected chi connectivity index (χ2v) is 5.15. The molecule has 1 heterocycles. The van der Waals surface area contributed by atoms with Crippen LogP contribution in [0.2, 0.25) is 0 Å². The molecule has 1 aromatic heterocycles. The number of esters is 1. The van der Waals surface area contributed by atoms with E-state index in [1.54, 1.807) is 10.7 Å². The number of rotatable bonds is 7. The summed E-state index contributed by atoms with van der Waals surface area (Å²) in [5.41, 5.74) is 1.32. The molecule has 1 amide bonds. The van der Waals surface area contributed by atoms with Crippen LogP contribution in [0.15, 0.2) is 24.4 Å². The molecule has 1 aromatic carbocycles. The van der Waals surface area contributed by atoms with Crippen molar-refractivity contribution in [2.45, 2.75) is 26.3 Å². The van der Waals surface area contributed by atoms with Crippen LogP contribution < -0.4 is 5.32 Å². The topological polar surface area (TPSA) is 86.1 Å². The molecule has 8 heteroatoms. The molecular formula is C16H19FN4O3. The van der Waals surface area contributed by atoms with Crippen molar-refractivity contribution in [3.8, 4) is 11.3 Å². The van der Waals surface area contributed by atoms with Gasteiger partial charge in [0, 0.05) is 24.2 Å². The van der Waals surface area contributed by atoms with Crippen LogP contribution in [0.3, 0.4) is 0 Å². The van der Waals surface area contributed by atoms with Gasteiger partial charge in [-0.2, -0.15) is 0 Å². The fraction of sp³-hybridized carbons (Fsp3) is 0.375. The summed E-state index contributed by atoms with van der Waals surface area (Å²) in [7, 11) is 1.27. The number of nitrogens with zero attached hydrogens (tertiary/aromatic N) is 3. The van der Waals surface area contributed by atoms with Crippen molar-refractivity contribution in [2.24, 2.45) is 0 Å². The van der Waals surface area contributed by atoms with Crippen LogP contribution in [-0.2, 0) is 16.1 Å². The highest BCUT2D eigenvalue weighted by atomic mass is 19.1. The average molecular weight is 334 g/mol. The van der Waals surface area contributed by atoms with Gasteiger partial charge in [0.25, 0.3) is 5.91 Å². The summed E-state index contributed by atoms with van der Waals surface area (Å²) in [5, 5.41) is 10.4. The van der Waals surface area contributed by atoms with Gasteiger partial charge in [0.05, 0.1) is 25.4 Å². The number of hydrogen-bond donors (Lipinski definition) is 1. The van der Waals surface area contributed by atoms with E-state index in [-0.39, 0.29) is 18.5 Å². The Morgan fingerprint density at radius 3 is 2.83 bits per heavy atom. The van der Waals surface area contributed by atoms with E-state index in [2.05, 4.69) is 20.4 Å². The molecule has 0 atom stereocenters. The Hall–Kier alpha value is -2.77. The Balaban J connectivity index is 2.17. The number of aryl methyl sites for hydroxylation is 1. The van der Waals surface area contributed by atoms with E-state index in [1.165, 1.54) is 19.4 Å². The van der Waals surface area contributed by atoms with Gasteiger partial charge in [0.15, 0.2) is 0 Å². The maximum Gasteiger partial charge on any atom is 0.307 e. The highest BCUT2D eigenvalue weighted by Crippen LogP contribution is 2.21. The Bertz CT molecular complexity index is 730. The third kappa shape index (κ3) is 4.37. The van der Waals surface area contributed by atoms with Gasteiger partial charge in [-0.1, -0.05) is 12.1 Å². The van der Waals surface area contributed by atoms with Gasteiger partial charge in [-0.15, -0.1) is 5.10 Å². The number of carbonyl (C=O) groups excluding carboxylic acids is 2. The maximum absolute atomic E-state index is 13.9. The van der Waals surface area contributed by atoms with Crippen molar-refractivity contribution in [1.82, 2.24) is 20.3 Å². The van der Waals surface area contributed by atoms with Gasteiger partial charge < -0.3 is 10.1 Å². The first-order valence-corrected chi connectivity index (χ1v) is 7.59. The van der Waals surface area contributed by atoms with E-state index in [0.29, 0.717) is 17.8 Å². The molecule has 1 N–H and O–H groups in total. The smallest absolute Gasteiger partial charge is 0.307 e. The van der Waals surface area contributed by atoms with E-state index in [0.717, 1.165) is 12.5 Å². The summed E-state index contributed by atoms with van der Waals surface area (Å²) < 4.78 is 20.1. The zero-order valence-corrected chi connectivity index (χ0v) is 13.6. The summed E-state index contributed by atoms with van der Waals surface area (Å²) in [5.74, 6) is -1.42. The highest BCUT2D eigenvalue weighted by molar-refractivity contribution is 5.95. The second-order valence-electron chi connectivity index (χ2n) is 5.15. The molecule has 128 valence electrons. The molecule has 7 nitrogen and oxygen atoms in total. The molecule has 0 aliphatic heterocycles. The molecule has 0 spiro atoms. The first-order valence-electron chi connectivity index (χ1n) is 7.59. The minimum absolute atomic E-state index is 0.0532. The first kappa shape index (κ1) is 17.6. The van der Waals surface area contributed by atoms with Gasteiger partial charge in [0.2, 0.25) is 0 Å². The fourth-order valence-electron chi connectivity index (χ4n) is 2.21. The van der Waals surface area contributed by atoms with E-state index >= 15 is 0 Å². The van der Waals surface area contributed by atoms with Gasteiger partial charge in [-0.25, -0.2) is 9.07 Å². The average Bonchev–Trinajstić information content (AvgIpc) is 3.02. The van der Waals surface area contributed by atoms with Crippen LogP contribution in [0.25, 0.3) is 11.3 Å². The van der Waals surface area contributed by atoms with E-state index in [9.17, 15) is 14.0 Å². The van der Waals surface area contributed by atoms with Crippen LogP contribution in [-0.4, -0.2) is 40.5 Å². The maximum atomic E-state index is 13.9. The third-order valence-electron chi connectivity index (χ3n) is 3.35. The number of carbonyl (C=O) groups is 2. The lowest BCUT2D eigenvalue weighted by Gasteiger charge is -2.08. The Morgan fingerprint density at radius 1 is 1.33 bits per heavy atom. The summed E-state index contributed by atoms with van der Waals surface area (Å²) in [6.07, 6.45) is 2.44. The number of aromatic nitrogens is 3. The van der Waals surface area contributed by atoms with Crippen LogP contribution in [0.5, 0.6) is 0 Å². The molecule has 0 bridgehead atoms. The lowest BCUT2D eigenvalue weighted by Crippen LogP contribution is -2.26. The molecule has 0 fully saturated rings. The SMILES string of the molecule is CCCn1nncc1-c1cc(F)cc(C(=O)NCCC(=O)OC)c1. The van der Waals surface area contributed by atoms with Gasteiger partial charge >= 0.3 is 5.97 Å². The first-order chi connectivity index (χ1) is 11.5. The van der Waals surface area contributed by atoms with Crippen LogP contribution in [0.4, 0.5) is 4.39 Å². The Kier molecular flexibility index (Phi) is 6.00. The normalized spacial score (nSPS) is 10.5. The quantitative estimate of drug-likeness (QED) is 0.780.